The molecule has 3 aliphatic heterocycles. The lowest BCUT2D eigenvalue weighted by Crippen LogP contribution is -2.53. The van der Waals surface area contributed by atoms with Crippen LogP contribution in [0.1, 0.15) is 165 Å². The normalized spacial score (nSPS) is 26.1. The molecule has 5 fully saturated rings. The maximum Gasteiger partial charge on any atom is 0.407 e. The van der Waals surface area contributed by atoms with Gasteiger partial charge in [0.1, 0.15) is 23.7 Å². The van der Waals surface area contributed by atoms with Crippen LogP contribution >= 0.6 is 0 Å². The van der Waals surface area contributed by atoms with Crippen molar-refractivity contribution in [1.82, 2.24) is 40.4 Å². The van der Waals surface area contributed by atoms with Gasteiger partial charge < -0.3 is 44.8 Å². The number of fused-ring (bicyclic) bond motifs is 4. The van der Waals surface area contributed by atoms with Crippen molar-refractivity contribution in [3.05, 3.63) is 89.0 Å². The van der Waals surface area contributed by atoms with E-state index in [4.69, 9.17) is 19.4 Å². The molecule has 5 heterocycles. The number of hydrogen-bond donors (Lipinski definition) is 4. The Balaban J connectivity index is 0.963. The first-order chi connectivity index (χ1) is 34.0. The average molecular weight is 968 g/mol. The molecule has 10 rings (SSSR count). The van der Waals surface area contributed by atoms with Crippen LogP contribution < -0.4 is 15.5 Å². The Hall–Kier alpha value is -6.12. The third kappa shape index (κ3) is 9.00. The topological polar surface area (TPSA) is 178 Å². The molecule has 71 heavy (non-hydrogen) atoms. The van der Waals surface area contributed by atoms with Crippen LogP contribution in [0.4, 0.5) is 15.3 Å². The molecule has 3 saturated heterocycles. The van der Waals surface area contributed by atoms with Crippen molar-refractivity contribution >= 4 is 51.8 Å². The Morgan fingerprint density at radius 1 is 0.606 bits per heavy atom. The molecular weight excluding hydrogens is 895 g/mol. The highest BCUT2D eigenvalue weighted by molar-refractivity contribution is 5.88. The maximum absolute atomic E-state index is 14.5. The predicted molar refractivity (Wildman–Crippen MR) is 274 cm³/mol. The number of nitrogens with zero attached hydrogens (tertiary/aromatic N) is 5. The predicted octanol–water partition coefficient (Wildman–Crippen LogP) is 10.5. The number of methoxy groups -OCH3 is 2. The van der Waals surface area contributed by atoms with E-state index in [0.29, 0.717) is 11.8 Å². The number of aromatic nitrogens is 4. The number of carbonyl (C=O) groups excluding carboxylic acids is 4. The number of anilines is 1. The van der Waals surface area contributed by atoms with Gasteiger partial charge in [0.2, 0.25) is 11.8 Å². The second-order valence-electron chi connectivity index (χ2n) is 22.8. The number of hydrogen-bond acceptors (Lipinski definition) is 9. The second kappa shape index (κ2) is 19.1. The minimum Gasteiger partial charge on any atom is -0.453 e. The summed E-state index contributed by atoms with van der Waals surface area (Å²) in [7, 11) is 2.65. The molecule has 10 atom stereocenters. The van der Waals surface area contributed by atoms with Crippen LogP contribution in [0.3, 0.4) is 0 Å². The monoisotopic (exact) mass is 968 g/mol. The molecule has 4 N–H and O–H groups in total. The van der Waals surface area contributed by atoms with E-state index >= 15 is 0 Å². The second-order valence-corrected chi connectivity index (χ2v) is 22.8. The summed E-state index contributed by atoms with van der Waals surface area (Å²) in [6.45, 7) is 14.6. The van der Waals surface area contributed by atoms with Gasteiger partial charge in [-0.3, -0.25) is 9.59 Å². The van der Waals surface area contributed by atoms with Gasteiger partial charge in [0.05, 0.1) is 60.5 Å². The standard InChI is InChI=1S/C56H73N9O6/c1-30(2)48(61-54(68)70-8)52(66)64-42-14-10-12-32(42)28-46(64)50-57-38-22-16-34(26-40(38)59-50)44-24-25-45(63(44)37-20-18-36(19-21-37)56(5,6)7)35-17-23-39-41(27-35)60-51(58-39)47-29-33-13-11-15-43(33)65(47)53(67)49(31(3)4)62-55(69)71-9/h16-23,26-27,30-33,42-49H,10-15,24-25,28-29H2,1-9H3,(H,57,59)(H,58,60)(H,61,68)(H,62,69)/t32-,33-,42-,43-,44+,45+,46-,47?,48?,49-/m0/s1. The molecule has 15 nitrogen and oxygen atoms in total. The third-order valence-corrected chi connectivity index (χ3v) is 16.8. The number of likely N-dealkylation sites (tertiary alicyclic amines) is 2. The molecule has 15 heteroatoms. The summed E-state index contributed by atoms with van der Waals surface area (Å²) >= 11 is 0. The first-order valence-corrected chi connectivity index (χ1v) is 26.2. The molecule has 0 radical (unpaired) electrons. The highest BCUT2D eigenvalue weighted by atomic mass is 16.5. The van der Waals surface area contributed by atoms with Gasteiger partial charge in [-0.1, -0.05) is 85.6 Å². The zero-order valence-electron chi connectivity index (χ0n) is 43.0. The number of amides is 4. The van der Waals surface area contributed by atoms with Gasteiger partial charge in [0.25, 0.3) is 0 Å². The highest BCUT2D eigenvalue weighted by Crippen LogP contribution is 2.51. The third-order valence-electron chi connectivity index (χ3n) is 16.8. The Morgan fingerprint density at radius 3 is 1.44 bits per heavy atom. The van der Waals surface area contributed by atoms with E-state index in [1.165, 1.54) is 30.9 Å². The number of H-pyrrole nitrogens is 2. The summed E-state index contributed by atoms with van der Waals surface area (Å²) in [5.74, 6) is 1.95. The average Bonchev–Trinajstić information content (AvgIpc) is 4.21. The number of rotatable bonds is 11. The van der Waals surface area contributed by atoms with Crippen molar-refractivity contribution in [2.45, 2.75) is 166 Å². The quantitative estimate of drug-likeness (QED) is 0.100. The van der Waals surface area contributed by atoms with Gasteiger partial charge in [-0.05, 0) is 134 Å². The van der Waals surface area contributed by atoms with Crippen LogP contribution in [0.2, 0.25) is 0 Å². The largest absolute Gasteiger partial charge is 0.453 e. The molecule has 4 amide bonds. The zero-order chi connectivity index (χ0) is 50.0. The summed E-state index contributed by atoms with van der Waals surface area (Å²) in [6.07, 6.45) is 8.52. The van der Waals surface area contributed by atoms with Gasteiger partial charge in [-0.2, -0.15) is 0 Å². The van der Waals surface area contributed by atoms with Crippen LogP contribution in [-0.2, 0) is 24.5 Å². The van der Waals surface area contributed by atoms with Gasteiger partial charge in [-0.25, -0.2) is 19.6 Å². The fraction of sp³-hybridized carbons (Fsp3) is 0.571. The Labute approximate surface area is 417 Å². The van der Waals surface area contributed by atoms with Crippen molar-refractivity contribution < 1.29 is 28.7 Å². The van der Waals surface area contributed by atoms with E-state index in [1.807, 2.05) is 37.5 Å². The summed E-state index contributed by atoms with van der Waals surface area (Å²) < 4.78 is 9.86. The molecule has 0 bridgehead atoms. The number of ether oxygens (including phenoxy) is 2. The lowest BCUT2D eigenvalue weighted by Gasteiger charge is -2.34. The van der Waals surface area contributed by atoms with E-state index in [9.17, 15) is 19.2 Å². The summed E-state index contributed by atoms with van der Waals surface area (Å²) in [4.78, 5) is 78.2. The van der Waals surface area contributed by atoms with Crippen LogP contribution in [-0.4, -0.2) is 92.1 Å². The van der Waals surface area contributed by atoms with E-state index in [1.54, 1.807) is 0 Å². The number of aromatic amines is 2. The lowest BCUT2D eigenvalue weighted by molar-refractivity contribution is -0.138. The SMILES string of the molecule is COC(=O)NC(C(=O)N1[C@H](c2nc3cc([C@H]4CC[C@H](c5ccc6[nH]c(C7C[C@@H]8CCC[C@@H]8N7C(=O)[C@@H](NC(=O)OC)C(C)C)nc6c5)N4c4ccc(C(C)(C)C)cc4)ccc3[nH]2)C[C@@H]2CCC[C@@H]21)C(C)C. The fourth-order valence-corrected chi connectivity index (χ4v) is 13.2. The molecule has 5 aromatic rings. The molecule has 0 spiro atoms. The minimum absolute atomic E-state index is 0.00514. The van der Waals surface area contributed by atoms with Crippen LogP contribution in [0.5, 0.6) is 0 Å². The lowest BCUT2D eigenvalue weighted by atomic mass is 9.87. The first kappa shape index (κ1) is 48.5. The van der Waals surface area contributed by atoms with E-state index < -0.39 is 24.3 Å². The molecule has 2 aliphatic carbocycles. The highest BCUT2D eigenvalue weighted by Gasteiger charge is 2.51. The molecule has 3 aromatic carbocycles. The van der Waals surface area contributed by atoms with Gasteiger partial charge in [-0.15, -0.1) is 0 Å². The van der Waals surface area contributed by atoms with Crippen molar-refractivity contribution in [3.8, 4) is 0 Å². The van der Waals surface area contributed by atoms with Crippen LogP contribution in [0.25, 0.3) is 22.1 Å². The Kier molecular flexibility index (Phi) is 13.1. The fourth-order valence-electron chi connectivity index (χ4n) is 13.2. The van der Waals surface area contributed by atoms with Crippen molar-refractivity contribution in [1.29, 1.82) is 0 Å². The molecule has 2 unspecified atom stereocenters. The van der Waals surface area contributed by atoms with Gasteiger partial charge in [0, 0.05) is 17.8 Å². The number of imidazole rings is 2. The number of carbonyl (C=O) groups is 4. The summed E-state index contributed by atoms with van der Waals surface area (Å²) in [6, 6.07) is 20.7. The zero-order valence-corrected chi connectivity index (χ0v) is 43.0. The minimum atomic E-state index is -0.705. The van der Waals surface area contributed by atoms with E-state index in [-0.39, 0.29) is 65.3 Å². The van der Waals surface area contributed by atoms with Crippen molar-refractivity contribution in [3.63, 3.8) is 0 Å². The van der Waals surface area contributed by atoms with Crippen molar-refractivity contribution in [2.24, 2.45) is 23.7 Å². The first-order valence-electron chi connectivity index (χ1n) is 26.2. The molecule has 2 saturated carbocycles. The van der Waals surface area contributed by atoms with Crippen LogP contribution in [0, 0.1) is 23.7 Å². The Morgan fingerprint density at radius 2 is 1.04 bits per heavy atom. The summed E-state index contributed by atoms with van der Waals surface area (Å²) in [5, 5.41) is 5.66. The maximum atomic E-state index is 14.5. The Bertz CT molecular complexity index is 2630. The number of benzene rings is 3. The summed E-state index contributed by atoms with van der Waals surface area (Å²) in [5.41, 5.74) is 8.39. The molecular formula is C56H73N9O6. The van der Waals surface area contributed by atoms with Crippen LogP contribution in [0.15, 0.2) is 60.7 Å². The van der Waals surface area contributed by atoms with Gasteiger partial charge in [0.15, 0.2) is 0 Å². The molecule has 2 aromatic heterocycles. The smallest absolute Gasteiger partial charge is 0.407 e. The van der Waals surface area contributed by atoms with E-state index in [0.717, 1.165) is 104 Å². The van der Waals surface area contributed by atoms with Gasteiger partial charge >= 0.3 is 12.2 Å². The molecule has 378 valence electrons. The van der Waals surface area contributed by atoms with E-state index in [2.05, 4.69) is 107 Å². The van der Waals surface area contributed by atoms with Crippen molar-refractivity contribution in [2.75, 3.05) is 19.1 Å². The molecule has 5 aliphatic rings. The number of alkyl carbamates (subject to hydrolysis) is 2. The number of nitrogens with one attached hydrogen (secondary N) is 4.